The highest BCUT2D eigenvalue weighted by molar-refractivity contribution is 8.24. The molecule has 2 atom stereocenters. The van der Waals surface area contributed by atoms with Gasteiger partial charge in [-0.25, -0.2) is 0 Å². The first-order valence-electron chi connectivity index (χ1n) is 9.28. The van der Waals surface area contributed by atoms with E-state index in [0.717, 1.165) is 11.4 Å². The molecule has 0 radical (unpaired) electrons. The van der Waals surface area contributed by atoms with Crippen LogP contribution >= 0.6 is 48.0 Å². The number of anilines is 2. The van der Waals surface area contributed by atoms with Crippen LogP contribution in [0.1, 0.15) is 0 Å². The van der Waals surface area contributed by atoms with E-state index < -0.39 is 0 Å². The minimum atomic E-state index is -0.233. The Balaban J connectivity index is 1.48. The molecule has 3 rings (SSSR count). The summed E-state index contributed by atoms with van der Waals surface area (Å²) in [6, 6.07) is 7.74. The Morgan fingerprint density at radius 1 is 0.833 bits per heavy atom. The van der Waals surface area contributed by atoms with Gasteiger partial charge in [-0.1, -0.05) is 60.1 Å². The fourth-order valence-electron chi connectivity index (χ4n) is 2.97. The number of benzene rings is 1. The topological polar surface area (TPSA) is 64.7 Å². The summed E-state index contributed by atoms with van der Waals surface area (Å²) in [5.41, 5.74) is 1.82. The molecular formula is C20H22N4O2S4. The van der Waals surface area contributed by atoms with Crippen molar-refractivity contribution in [2.75, 3.05) is 36.8 Å². The minimum Gasteiger partial charge on any atom is -0.383 e. The maximum atomic E-state index is 12.4. The highest BCUT2D eigenvalue weighted by Gasteiger charge is 2.36. The number of carbonyl (C=O) groups excluding carboxylic acids is 2. The molecule has 2 amide bonds. The van der Waals surface area contributed by atoms with Gasteiger partial charge in [-0.3, -0.25) is 19.4 Å². The molecule has 0 bridgehead atoms. The Labute approximate surface area is 195 Å². The number of amides is 2. The first-order chi connectivity index (χ1) is 14.4. The van der Waals surface area contributed by atoms with Crippen molar-refractivity contribution in [3.8, 4) is 0 Å². The predicted octanol–water partition coefficient (Wildman–Crippen LogP) is 3.34. The number of nitrogens with one attached hydrogen (secondary N) is 2. The van der Waals surface area contributed by atoms with Crippen LogP contribution in [0, 0.1) is 0 Å². The maximum absolute atomic E-state index is 12.4. The van der Waals surface area contributed by atoms with E-state index in [1.165, 1.54) is 23.5 Å². The van der Waals surface area contributed by atoms with Crippen molar-refractivity contribution in [3.63, 3.8) is 0 Å². The average Bonchev–Trinajstić information content (AvgIpc) is 3.16. The van der Waals surface area contributed by atoms with Crippen molar-refractivity contribution in [2.24, 2.45) is 0 Å². The third-order valence-electron chi connectivity index (χ3n) is 4.50. The quantitative estimate of drug-likeness (QED) is 0.392. The fourth-order valence-corrected chi connectivity index (χ4v) is 5.86. The van der Waals surface area contributed by atoms with Crippen LogP contribution in [-0.4, -0.2) is 66.9 Å². The lowest BCUT2D eigenvalue weighted by Crippen LogP contribution is -2.34. The third-order valence-corrected chi connectivity index (χ3v) is 7.67. The average molecular weight is 479 g/mol. The van der Waals surface area contributed by atoms with Gasteiger partial charge in [0.1, 0.15) is 19.1 Å². The van der Waals surface area contributed by atoms with Crippen molar-refractivity contribution in [1.82, 2.24) is 9.80 Å². The molecule has 2 fully saturated rings. The van der Waals surface area contributed by atoms with Gasteiger partial charge < -0.3 is 10.6 Å². The summed E-state index contributed by atoms with van der Waals surface area (Å²) in [6.07, 6.45) is 3.35. The number of rotatable bonds is 10. The van der Waals surface area contributed by atoms with E-state index in [1.54, 1.807) is 22.0 Å². The highest BCUT2D eigenvalue weighted by atomic mass is 32.2. The van der Waals surface area contributed by atoms with Gasteiger partial charge in [-0.15, -0.1) is 13.2 Å². The normalized spacial score (nSPS) is 21.3. The molecule has 2 heterocycles. The smallest absolute Gasteiger partial charge is 0.243 e. The summed E-state index contributed by atoms with van der Waals surface area (Å²) in [5.74, 6) is 0.0238. The molecule has 0 spiro atoms. The Kier molecular flexibility index (Phi) is 7.93. The van der Waals surface area contributed by atoms with Gasteiger partial charge in [0.15, 0.2) is 0 Å². The molecule has 1 aromatic rings. The molecule has 2 aliphatic heterocycles. The molecule has 2 N–H and O–H groups in total. The van der Waals surface area contributed by atoms with Gasteiger partial charge >= 0.3 is 0 Å². The van der Waals surface area contributed by atoms with Crippen molar-refractivity contribution in [2.45, 2.75) is 10.5 Å². The predicted molar refractivity (Wildman–Crippen MR) is 135 cm³/mol. The van der Waals surface area contributed by atoms with Gasteiger partial charge in [0.25, 0.3) is 0 Å². The van der Waals surface area contributed by atoms with E-state index in [-0.39, 0.29) is 22.3 Å². The zero-order chi connectivity index (χ0) is 21.7. The van der Waals surface area contributed by atoms with E-state index in [4.69, 9.17) is 24.4 Å². The zero-order valence-corrected chi connectivity index (χ0v) is 19.5. The third kappa shape index (κ3) is 5.23. The molecular weight excluding hydrogens is 457 g/mol. The van der Waals surface area contributed by atoms with Crippen molar-refractivity contribution >= 4 is 79.8 Å². The summed E-state index contributed by atoms with van der Waals surface area (Å²) in [6.45, 7) is 9.20. The summed E-state index contributed by atoms with van der Waals surface area (Å²) in [5, 5.41) is 6.10. The Bertz CT molecular complexity index is 803. The molecule has 6 nitrogen and oxygen atoms in total. The van der Waals surface area contributed by atoms with Crippen LogP contribution in [0.25, 0.3) is 0 Å². The van der Waals surface area contributed by atoms with Crippen LogP contribution < -0.4 is 10.6 Å². The second-order valence-electron chi connectivity index (χ2n) is 6.56. The summed E-state index contributed by atoms with van der Waals surface area (Å²) in [7, 11) is 0. The van der Waals surface area contributed by atoms with Crippen LogP contribution in [0.15, 0.2) is 49.6 Å². The van der Waals surface area contributed by atoms with Crippen molar-refractivity contribution in [3.05, 3.63) is 49.6 Å². The molecule has 2 aliphatic rings. The standard InChI is InChI=1S/C20H22N4O2S4/c1-3-9-23-17(25)15(29-19(23)27)11-21-13-5-7-14(8-6-13)22-12-16-18(26)24(10-4-2)20(28)30-16/h3-8,15-16,21-22H,1-2,9-12H2. The molecule has 10 heteroatoms. The SMILES string of the molecule is C=CCN1C(=O)C(CNc2ccc(NCC3SC(=S)N(CC=C)C3=O)cc2)SC1=S. The zero-order valence-electron chi connectivity index (χ0n) is 16.2. The largest absolute Gasteiger partial charge is 0.383 e. The van der Waals surface area contributed by atoms with Crippen LogP contribution in [0.4, 0.5) is 11.4 Å². The first-order valence-corrected chi connectivity index (χ1v) is 11.9. The van der Waals surface area contributed by atoms with Crippen LogP contribution in [0.3, 0.4) is 0 Å². The van der Waals surface area contributed by atoms with Crippen molar-refractivity contribution in [1.29, 1.82) is 0 Å². The number of carbonyl (C=O) groups is 2. The first kappa shape index (κ1) is 22.8. The molecule has 30 heavy (non-hydrogen) atoms. The lowest BCUT2D eigenvalue weighted by atomic mass is 10.2. The van der Waals surface area contributed by atoms with Gasteiger partial charge in [0, 0.05) is 37.6 Å². The van der Waals surface area contributed by atoms with Gasteiger partial charge in [0.2, 0.25) is 11.8 Å². The molecule has 0 saturated carbocycles. The lowest BCUT2D eigenvalue weighted by molar-refractivity contribution is -0.126. The number of hydrogen-bond donors (Lipinski definition) is 2. The molecule has 2 saturated heterocycles. The summed E-state index contributed by atoms with van der Waals surface area (Å²) < 4.78 is 1.19. The van der Waals surface area contributed by atoms with E-state index in [2.05, 4.69) is 23.8 Å². The number of nitrogens with zero attached hydrogens (tertiary/aromatic N) is 2. The summed E-state index contributed by atoms with van der Waals surface area (Å²) >= 11 is 13.3. The summed E-state index contributed by atoms with van der Waals surface area (Å²) in [4.78, 5) is 27.9. The van der Waals surface area contributed by atoms with E-state index in [0.29, 0.717) is 34.8 Å². The van der Waals surface area contributed by atoms with Crippen LogP contribution in [0.2, 0.25) is 0 Å². The van der Waals surface area contributed by atoms with Gasteiger partial charge in [-0.2, -0.15) is 0 Å². The number of thiocarbonyl (C=S) groups is 2. The molecule has 1 aromatic carbocycles. The molecule has 158 valence electrons. The Hall–Kier alpha value is -1.88. The number of hydrogen-bond acceptors (Lipinski definition) is 8. The van der Waals surface area contributed by atoms with E-state index in [9.17, 15) is 9.59 Å². The Morgan fingerprint density at radius 3 is 1.53 bits per heavy atom. The van der Waals surface area contributed by atoms with E-state index in [1.807, 2.05) is 24.3 Å². The molecule has 0 aromatic heterocycles. The molecule has 0 aliphatic carbocycles. The molecule has 2 unspecified atom stereocenters. The van der Waals surface area contributed by atoms with Gasteiger partial charge in [0.05, 0.1) is 0 Å². The van der Waals surface area contributed by atoms with Crippen LogP contribution in [-0.2, 0) is 9.59 Å². The number of thioether (sulfide) groups is 2. The van der Waals surface area contributed by atoms with Gasteiger partial charge in [-0.05, 0) is 24.3 Å². The highest BCUT2D eigenvalue weighted by Crippen LogP contribution is 2.29. The van der Waals surface area contributed by atoms with E-state index >= 15 is 0 Å². The second kappa shape index (κ2) is 10.4. The lowest BCUT2D eigenvalue weighted by Gasteiger charge is -2.14. The second-order valence-corrected chi connectivity index (χ2v) is 10.2. The minimum absolute atomic E-state index is 0.0119. The fraction of sp³-hybridized carbons (Fsp3) is 0.300. The monoisotopic (exact) mass is 478 g/mol. The Morgan fingerprint density at radius 2 is 1.20 bits per heavy atom. The van der Waals surface area contributed by atoms with Crippen molar-refractivity contribution < 1.29 is 9.59 Å². The van der Waals surface area contributed by atoms with Crippen LogP contribution in [0.5, 0.6) is 0 Å². The maximum Gasteiger partial charge on any atom is 0.243 e.